The first kappa shape index (κ1) is 12.0. The maximum Gasteiger partial charge on any atom is -0.00993 e. The summed E-state index contributed by atoms with van der Waals surface area (Å²) in [6, 6.07) is 17.5. The van der Waals surface area contributed by atoms with Crippen LogP contribution in [-0.2, 0) is 0 Å². The average Bonchev–Trinajstić information content (AvgIpc) is 2.45. The molecule has 0 radical (unpaired) electrons. The summed E-state index contributed by atoms with van der Waals surface area (Å²) in [5.74, 6) is 0.545. The summed E-state index contributed by atoms with van der Waals surface area (Å²) in [5.41, 5.74) is 2.62. The SMILES string of the molecule is C=Cc1cccc2c1ccc1c(C(C)C)cccc12. The lowest BCUT2D eigenvalue weighted by atomic mass is 9.92. The summed E-state index contributed by atoms with van der Waals surface area (Å²) in [4.78, 5) is 0. The molecule has 94 valence electrons. The quantitative estimate of drug-likeness (QED) is 0.504. The van der Waals surface area contributed by atoms with Crippen LogP contribution in [0.15, 0.2) is 55.1 Å². The molecule has 0 unspecified atom stereocenters. The standard InChI is InChI=1S/C19H18/c1-4-14-7-5-9-17-16(14)11-12-19-15(13(2)3)8-6-10-18(17)19/h4-13H,1H2,2-3H3. The van der Waals surface area contributed by atoms with Gasteiger partial charge in [0.15, 0.2) is 0 Å². The second-order valence-corrected chi connectivity index (χ2v) is 5.31. The summed E-state index contributed by atoms with van der Waals surface area (Å²) in [6.07, 6.45) is 1.93. The molecule has 3 aromatic carbocycles. The third-order valence-electron chi connectivity index (χ3n) is 3.83. The second kappa shape index (κ2) is 4.55. The highest BCUT2D eigenvalue weighted by atomic mass is 14.1. The molecule has 0 heterocycles. The summed E-state index contributed by atoms with van der Waals surface area (Å²) >= 11 is 0. The Kier molecular flexibility index (Phi) is 2.87. The van der Waals surface area contributed by atoms with Gasteiger partial charge in [-0.15, -0.1) is 0 Å². The Hall–Kier alpha value is -2.08. The molecule has 0 heteroatoms. The normalized spacial score (nSPS) is 11.3. The van der Waals surface area contributed by atoms with Crippen molar-refractivity contribution in [3.05, 3.63) is 66.2 Å². The summed E-state index contributed by atoms with van der Waals surface area (Å²) in [6.45, 7) is 8.41. The van der Waals surface area contributed by atoms with Crippen LogP contribution in [0.1, 0.15) is 30.9 Å². The van der Waals surface area contributed by atoms with Gasteiger partial charge in [0.05, 0.1) is 0 Å². The van der Waals surface area contributed by atoms with Crippen LogP contribution in [0.2, 0.25) is 0 Å². The van der Waals surface area contributed by atoms with Crippen LogP contribution in [0.3, 0.4) is 0 Å². The molecule has 0 saturated heterocycles. The van der Waals surface area contributed by atoms with Crippen molar-refractivity contribution in [2.75, 3.05) is 0 Å². The van der Waals surface area contributed by atoms with E-state index in [9.17, 15) is 0 Å². The molecule has 3 rings (SSSR count). The van der Waals surface area contributed by atoms with Crippen molar-refractivity contribution < 1.29 is 0 Å². The molecule has 0 aromatic heterocycles. The van der Waals surface area contributed by atoms with Crippen LogP contribution in [0.25, 0.3) is 27.6 Å². The third-order valence-corrected chi connectivity index (χ3v) is 3.83. The predicted octanol–water partition coefficient (Wildman–Crippen LogP) is 5.76. The van der Waals surface area contributed by atoms with Crippen LogP contribution in [0.5, 0.6) is 0 Å². The lowest BCUT2D eigenvalue weighted by molar-refractivity contribution is 0.876. The van der Waals surface area contributed by atoms with Crippen molar-refractivity contribution in [3.63, 3.8) is 0 Å². The monoisotopic (exact) mass is 246 g/mol. The molecule has 3 aromatic rings. The Labute approximate surface area is 114 Å². The molecule has 0 bridgehead atoms. The molecule has 0 N–H and O–H groups in total. The van der Waals surface area contributed by atoms with Gasteiger partial charge in [-0.3, -0.25) is 0 Å². The molecular weight excluding hydrogens is 228 g/mol. The van der Waals surface area contributed by atoms with E-state index < -0.39 is 0 Å². The van der Waals surface area contributed by atoms with Gasteiger partial charge < -0.3 is 0 Å². The molecule has 0 aliphatic heterocycles. The van der Waals surface area contributed by atoms with Gasteiger partial charge in [0, 0.05) is 0 Å². The molecule has 0 saturated carbocycles. The number of rotatable bonds is 2. The van der Waals surface area contributed by atoms with E-state index >= 15 is 0 Å². The van der Waals surface area contributed by atoms with E-state index in [0.29, 0.717) is 5.92 Å². The Morgan fingerprint density at radius 1 is 0.789 bits per heavy atom. The van der Waals surface area contributed by atoms with Gasteiger partial charge in [0.25, 0.3) is 0 Å². The number of hydrogen-bond donors (Lipinski definition) is 0. The first-order valence-corrected chi connectivity index (χ1v) is 6.79. The van der Waals surface area contributed by atoms with Gasteiger partial charge in [-0.05, 0) is 38.6 Å². The lowest BCUT2D eigenvalue weighted by Gasteiger charge is -2.12. The topological polar surface area (TPSA) is 0 Å². The van der Waals surface area contributed by atoms with E-state index in [1.54, 1.807) is 0 Å². The molecule has 0 fully saturated rings. The summed E-state index contributed by atoms with van der Waals surface area (Å²) in [5, 5.41) is 5.31. The Morgan fingerprint density at radius 2 is 1.42 bits per heavy atom. The number of fused-ring (bicyclic) bond motifs is 3. The Balaban J connectivity index is 2.48. The van der Waals surface area contributed by atoms with Crippen LogP contribution in [0.4, 0.5) is 0 Å². The fourth-order valence-electron chi connectivity index (χ4n) is 2.86. The minimum absolute atomic E-state index is 0.545. The zero-order valence-corrected chi connectivity index (χ0v) is 11.5. The highest BCUT2D eigenvalue weighted by Gasteiger charge is 2.08. The number of hydrogen-bond acceptors (Lipinski definition) is 0. The smallest absolute Gasteiger partial charge is 0.00993 e. The summed E-state index contributed by atoms with van der Waals surface area (Å²) < 4.78 is 0. The van der Waals surface area contributed by atoms with Gasteiger partial charge in [-0.25, -0.2) is 0 Å². The first-order valence-electron chi connectivity index (χ1n) is 6.79. The molecule has 19 heavy (non-hydrogen) atoms. The van der Waals surface area contributed by atoms with Gasteiger partial charge in [-0.1, -0.05) is 75.0 Å². The first-order chi connectivity index (χ1) is 9.22. The largest absolute Gasteiger partial charge is 0.0984 e. The Bertz CT molecular complexity index is 763. The molecule has 0 aliphatic carbocycles. The van der Waals surface area contributed by atoms with Gasteiger partial charge in [0.1, 0.15) is 0 Å². The van der Waals surface area contributed by atoms with Crippen molar-refractivity contribution in [2.24, 2.45) is 0 Å². The van der Waals surface area contributed by atoms with Crippen LogP contribution in [0, 0.1) is 0 Å². The van der Waals surface area contributed by atoms with E-state index in [1.807, 2.05) is 6.08 Å². The van der Waals surface area contributed by atoms with Crippen molar-refractivity contribution in [1.29, 1.82) is 0 Å². The lowest BCUT2D eigenvalue weighted by Crippen LogP contribution is -1.90. The van der Waals surface area contributed by atoms with E-state index in [4.69, 9.17) is 0 Å². The van der Waals surface area contributed by atoms with Crippen LogP contribution in [-0.4, -0.2) is 0 Å². The fraction of sp³-hybridized carbons (Fsp3) is 0.158. The zero-order valence-electron chi connectivity index (χ0n) is 11.5. The molecule has 0 spiro atoms. The molecule has 0 amide bonds. The maximum atomic E-state index is 3.91. The van der Waals surface area contributed by atoms with Crippen LogP contribution < -0.4 is 0 Å². The zero-order chi connectivity index (χ0) is 13.4. The highest BCUT2D eigenvalue weighted by molar-refractivity contribution is 6.10. The van der Waals surface area contributed by atoms with Crippen molar-refractivity contribution >= 4 is 27.6 Å². The van der Waals surface area contributed by atoms with E-state index in [2.05, 4.69) is 69.0 Å². The van der Waals surface area contributed by atoms with E-state index in [-0.39, 0.29) is 0 Å². The fourth-order valence-corrected chi connectivity index (χ4v) is 2.86. The highest BCUT2D eigenvalue weighted by Crippen LogP contribution is 2.32. The maximum absolute atomic E-state index is 3.91. The van der Waals surface area contributed by atoms with Crippen molar-refractivity contribution in [3.8, 4) is 0 Å². The van der Waals surface area contributed by atoms with Crippen LogP contribution >= 0.6 is 0 Å². The average molecular weight is 246 g/mol. The number of benzene rings is 3. The van der Waals surface area contributed by atoms with Crippen molar-refractivity contribution in [2.45, 2.75) is 19.8 Å². The minimum Gasteiger partial charge on any atom is -0.0984 e. The van der Waals surface area contributed by atoms with Gasteiger partial charge in [0.2, 0.25) is 0 Å². The van der Waals surface area contributed by atoms with E-state index in [0.717, 1.165) is 0 Å². The molecule has 0 aliphatic rings. The van der Waals surface area contributed by atoms with Crippen molar-refractivity contribution in [1.82, 2.24) is 0 Å². The van der Waals surface area contributed by atoms with E-state index in [1.165, 1.54) is 32.7 Å². The third kappa shape index (κ3) is 1.84. The predicted molar refractivity (Wildman–Crippen MR) is 85.6 cm³/mol. The second-order valence-electron chi connectivity index (χ2n) is 5.31. The minimum atomic E-state index is 0.545. The summed E-state index contributed by atoms with van der Waals surface area (Å²) in [7, 11) is 0. The van der Waals surface area contributed by atoms with Gasteiger partial charge >= 0.3 is 0 Å². The Morgan fingerprint density at radius 3 is 2.11 bits per heavy atom. The molecule has 0 atom stereocenters. The van der Waals surface area contributed by atoms with Gasteiger partial charge in [-0.2, -0.15) is 0 Å². The molecular formula is C19H18. The molecule has 0 nitrogen and oxygen atoms in total.